The quantitative estimate of drug-likeness (QED) is 0.586. The van der Waals surface area contributed by atoms with E-state index in [1.807, 2.05) is 41.9 Å². The number of thioether (sulfide) groups is 1. The molecule has 0 fully saturated rings. The van der Waals surface area contributed by atoms with Crippen LogP contribution in [0.1, 0.15) is 31.9 Å². The van der Waals surface area contributed by atoms with E-state index in [1.165, 1.54) is 11.8 Å². The topological polar surface area (TPSA) is 72.7 Å². The molecule has 0 aliphatic carbocycles. The van der Waals surface area contributed by atoms with E-state index in [1.54, 1.807) is 12.4 Å². The number of hydrogen-bond acceptors (Lipinski definition) is 5. The highest BCUT2D eigenvalue weighted by Crippen LogP contribution is 2.24. The smallest absolute Gasteiger partial charge is 0.230 e. The van der Waals surface area contributed by atoms with Gasteiger partial charge in [-0.15, -0.1) is 10.2 Å². The number of amides is 1. The lowest BCUT2D eigenvalue weighted by Crippen LogP contribution is -2.31. The highest BCUT2D eigenvalue weighted by Gasteiger charge is 2.17. The van der Waals surface area contributed by atoms with Crippen molar-refractivity contribution >= 4 is 17.7 Å². The number of rotatable bonds is 8. The van der Waals surface area contributed by atoms with Gasteiger partial charge in [0.25, 0.3) is 0 Å². The summed E-state index contributed by atoms with van der Waals surface area (Å²) in [6, 6.07) is 13.9. The van der Waals surface area contributed by atoms with E-state index in [0.717, 1.165) is 23.4 Å². The Morgan fingerprint density at radius 3 is 2.50 bits per heavy atom. The van der Waals surface area contributed by atoms with Gasteiger partial charge in [0.05, 0.1) is 11.8 Å². The van der Waals surface area contributed by atoms with Crippen LogP contribution in [0.5, 0.6) is 0 Å². The molecule has 0 spiro atoms. The highest BCUT2D eigenvalue weighted by molar-refractivity contribution is 7.99. The monoisotopic (exact) mass is 395 g/mol. The predicted octanol–water partition coefficient (Wildman–Crippen LogP) is 3.87. The van der Waals surface area contributed by atoms with E-state index >= 15 is 0 Å². The van der Waals surface area contributed by atoms with Gasteiger partial charge in [0, 0.05) is 25.0 Å². The number of hydrogen-bond donors (Lipinski definition) is 1. The molecule has 7 heteroatoms. The van der Waals surface area contributed by atoms with Crippen molar-refractivity contribution in [2.45, 2.75) is 31.5 Å². The third kappa shape index (κ3) is 5.19. The molecule has 3 aromatic rings. The number of aromatic nitrogens is 4. The molecule has 2 heterocycles. The van der Waals surface area contributed by atoms with Gasteiger partial charge in [0.15, 0.2) is 11.0 Å². The van der Waals surface area contributed by atoms with Crippen LogP contribution in [0.15, 0.2) is 60.0 Å². The second-order valence-electron chi connectivity index (χ2n) is 7.05. The van der Waals surface area contributed by atoms with Crippen LogP contribution >= 0.6 is 11.8 Å². The largest absolute Gasteiger partial charge is 0.349 e. The minimum Gasteiger partial charge on any atom is -0.349 e. The molecule has 3 rings (SSSR count). The fourth-order valence-electron chi connectivity index (χ4n) is 2.99. The first kappa shape index (κ1) is 20.1. The second-order valence-corrected chi connectivity index (χ2v) is 7.99. The molecule has 0 radical (unpaired) electrons. The van der Waals surface area contributed by atoms with Crippen molar-refractivity contribution in [1.82, 2.24) is 25.1 Å². The van der Waals surface area contributed by atoms with Crippen LogP contribution in [0.2, 0.25) is 0 Å². The molecule has 0 aliphatic rings. The Morgan fingerprint density at radius 1 is 1.11 bits per heavy atom. The molecule has 0 bridgehead atoms. The zero-order chi connectivity index (χ0) is 19.9. The van der Waals surface area contributed by atoms with Crippen LogP contribution in [-0.4, -0.2) is 31.4 Å². The van der Waals surface area contributed by atoms with E-state index in [9.17, 15) is 4.79 Å². The predicted molar refractivity (Wildman–Crippen MR) is 112 cm³/mol. The van der Waals surface area contributed by atoms with Crippen molar-refractivity contribution in [3.8, 4) is 11.4 Å². The lowest BCUT2D eigenvalue weighted by molar-refractivity contribution is -0.119. The maximum Gasteiger partial charge on any atom is 0.230 e. The van der Waals surface area contributed by atoms with E-state index in [2.05, 4.69) is 46.5 Å². The maximum absolute atomic E-state index is 12.6. The first-order chi connectivity index (χ1) is 13.5. The Morgan fingerprint density at radius 2 is 1.82 bits per heavy atom. The van der Waals surface area contributed by atoms with Crippen LogP contribution < -0.4 is 5.32 Å². The lowest BCUT2D eigenvalue weighted by atomic mass is 9.97. The zero-order valence-corrected chi connectivity index (χ0v) is 17.2. The van der Waals surface area contributed by atoms with Crippen LogP contribution in [0.3, 0.4) is 0 Å². The van der Waals surface area contributed by atoms with Crippen LogP contribution in [-0.2, 0) is 11.8 Å². The van der Waals surface area contributed by atoms with Gasteiger partial charge in [0.2, 0.25) is 5.91 Å². The summed E-state index contributed by atoms with van der Waals surface area (Å²) in [7, 11) is 1.90. The van der Waals surface area contributed by atoms with Gasteiger partial charge in [-0.1, -0.05) is 55.9 Å². The number of nitrogens with one attached hydrogen (secondary N) is 1. The van der Waals surface area contributed by atoms with Gasteiger partial charge in [-0.2, -0.15) is 0 Å². The Labute approximate surface area is 169 Å². The van der Waals surface area contributed by atoms with Crippen molar-refractivity contribution in [2.75, 3.05) is 5.75 Å². The third-order valence-corrected chi connectivity index (χ3v) is 5.37. The molecule has 1 aromatic carbocycles. The van der Waals surface area contributed by atoms with Gasteiger partial charge in [-0.25, -0.2) is 0 Å². The average molecular weight is 396 g/mol. The van der Waals surface area contributed by atoms with Gasteiger partial charge in [-0.05, 0) is 30.0 Å². The molecule has 1 amide bonds. The molecular formula is C21H25N5OS. The Hall–Kier alpha value is -2.67. The van der Waals surface area contributed by atoms with Gasteiger partial charge in [0.1, 0.15) is 0 Å². The second kappa shape index (κ2) is 9.50. The van der Waals surface area contributed by atoms with E-state index in [-0.39, 0.29) is 11.9 Å². The molecule has 0 aliphatic heterocycles. The summed E-state index contributed by atoms with van der Waals surface area (Å²) in [5.41, 5.74) is 2.08. The van der Waals surface area contributed by atoms with E-state index < -0.39 is 0 Å². The number of nitrogens with zero attached hydrogens (tertiary/aromatic N) is 4. The summed E-state index contributed by atoms with van der Waals surface area (Å²) in [4.78, 5) is 16.6. The van der Waals surface area contributed by atoms with Crippen molar-refractivity contribution in [3.05, 3.63) is 60.4 Å². The first-order valence-corrected chi connectivity index (χ1v) is 10.3. The summed E-state index contributed by atoms with van der Waals surface area (Å²) in [5, 5.41) is 12.3. The van der Waals surface area contributed by atoms with E-state index in [4.69, 9.17) is 0 Å². The number of carbonyl (C=O) groups is 1. The van der Waals surface area contributed by atoms with Crippen molar-refractivity contribution in [3.63, 3.8) is 0 Å². The molecule has 6 nitrogen and oxygen atoms in total. The van der Waals surface area contributed by atoms with Crippen LogP contribution in [0.25, 0.3) is 11.4 Å². The summed E-state index contributed by atoms with van der Waals surface area (Å²) in [6.07, 6.45) is 4.35. The van der Waals surface area contributed by atoms with Gasteiger partial charge in [-0.3, -0.25) is 9.78 Å². The summed E-state index contributed by atoms with van der Waals surface area (Å²) < 4.78 is 1.90. The van der Waals surface area contributed by atoms with E-state index in [0.29, 0.717) is 16.8 Å². The normalized spacial score (nSPS) is 12.1. The molecule has 0 saturated heterocycles. The third-order valence-electron chi connectivity index (χ3n) is 4.35. The van der Waals surface area contributed by atoms with Crippen LogP contribution in [0, 0.1) is 5.92 Å². The Bertz CT molecular complexity index is 896. The standard InChI is InChI=1S/C21H25N5OS/c1-15(2)13-18(16-7-5-4-6-8-16)23-19(27)14-28-21-25-24-20(26(21)3)17-9-11-22-12-10-17/h4-12,15,18H,13-14H2,1-3H3,(H,23,27)/t18-/m1/s1. The number of pyridine rings is 1. The molecule has 146 valence electrons. The minimum atomic E-state index is -0.00651. The zero-order valence-electron chi connectivity index (χ0n) is 16.4. The summed E-state index contributed by atoms with van der Waals surface area (Å²) in [6.45, 7) is 4.33. The molecular weight excluding hydrogens is 370 g/mol. The minimum absolute atomic E-state index is 0.00651. The van der Waals surface area contributed by atoms with Crippen molar-refractivity contribution < 1.29 is 4.79 Å². The summed E-state index contributed by atoms with van der Waals surface area (Å²) in [5.74, 6) is 1.53. The van der Waals surface area contributed by atoms with Gasteiger partial charge >= 0.3 is 0 Å². The van der Waals surface area contributed by atoms with Crippen molar-refractivity contribution in [2.24, 2.45) is 13.0 Å². The number of carbonyl (C=O) groups excluding carboxylic acids is 1. The Kier molecular flexibility index (Phi) is 6.81. The maximum atomic E-state index is 12.6. The van der Waals surface area contributed by atoms with Gasteiger partial charge < -0.3 is 9.88 Å². The fourth-order valence-corrected chi connectivity index (χ4v) is 3.72. The van der Waals surface area contributed by atoms with Crippen molar-refractivity contribution in [1.29, 1.82) is 0 Å². The first-order valence-electron chi connectivity index (χ1n) is 9.31. The Balaban J connectivity index is 1.63. The summed E-state index contributed by atoms with van der Waals surface area (Å²) >= 11 is 1.39. The lowest BCUT2D eigenvalue weighted by Gasteiger charge is -2.21. The molecule has 2 aromatic heterocycles. The highest BCUT2D eigenvalue weighted by atomic mass is 32.2. The average Bonchev–Trinajstić information content (AvgIpc) is 3.07. The number of benzene rings is 1. The molecule has 1 atom stereocenters. The van der Waals surface area contributed by atoms with Crippen LogP contribution in [0.4, 0.5) is 0 Å². The molecule has 0 saturated carbocycles. The molecule has 1 N–H and O–H groups in total. The fraction of sp³-hybridized carbons (Fsp3) is 0.333. The molecule has 0 unspecified atom stereocenters. The SMILES string of the molecule is CC(C)C[C@@H](NC(=O)CSc1nnc(-c2ccncc2)n1C)c1ccccc1. The molecule has 28 heavy (non-hydrogen) atoms.